The van der Waals surface area contributed by atoms with Crippen LogP contribution in [0.5, 0.6) is 0 Å². The predicted octanol–water partition coefficient (Wildman–Crippen LogP) is 3.29. The van der Waals surface area contributed by atoms with Crippen molar-refractivity contribution in [3.8, 4) is 11.1 Å². The summed E-state index contributed by atoms with van der Waals surface area (Å²) < 4.78 is 0. The maximum absolute atomic E-state index is 8.00. The van der Waals surface area contributed by atoms with E-state index in [1.54, 1.807) is 0 Å². The number of carbonyl (C=O) groups is 2. The van der Waals surface area contributed by atoms with Crippen LogP contribution in [0.15, 0.2) is 54.6 Å². The minimum Gasteiger partial charge on any atom is -0.307 e. The topological polar surface area (TPSA) is 34.1 Å². The van der Waals surface area contributed by atoms with Gasteiger partial charge >= 0.3 is 0 Å². The smallest absolute Gasteiger partial charge is 0.106 e. The van der Waals surface area contributed by atoms with Gasteiger partial charge in [-0.05, 0) is 18.1 Å². The Morgan fingerprint density at radius 1 is 0.706 bits per heavy atom. The van der Waals surface area contributed by atoms with E-state index in [2.05, 4.69) is 55.5 Å². The van der Waals surface area contributed by atoms with Crippen molar-refractivity contribution in [2.75, 3.05) is 0 Å². The molecule has 2 heteroatoms. The molecule has 0 aliphatic heterocycles. The fourth-order valence-corrected chi connectivity index (χ4v) is 1.46. The highest BCUT2D eigenvalue weighted by molar-refractivity contribution is 5.63. The SMILES string of the molecule is C=O.C=O.Cc1cccc(-c2ccccc2)c1. The van der Waals surface area contributed by atoms with Crippen molar-refractivity contribution >= 4 is 13.6 Å². The number of hydrogen-bond donors (Lipinski definition) is 0. The average Bonchev–Trinajstić information content (AvgIpc) is 2.44. The Kier molecular flexibility index (Phi) is 7.86. The zero-order chi connectivity index (χ0) is 13.1. The second kappa shape index (κ2) is 9.04. The summed E-state index contributed by atoms with van der Waals surface area (Å²) in [7, 11) is 0. The third-order valence-corrected chi connectivity index (χ3v) is 2.13. The summed E-state index contributed by atoms with van der Waals surface area (Å²) in [5, 5.41) is 0. The molecular weight excluding hydrogens is 212 g/mol. The van der Waals surface area contributed by atoms with Crippen molar-refractivity contribution in [2.45, 2.75) is 6.92 Å². The van der Waals surface area contributed by atoms with Gasteiger partial charge in [-0.2, -0.15) is 0 Å². The molecule has 0 radical (unpaired) electrons. The van der Waals surface area contributed by atoms with Crippen molar-refractivity contribution in [2.24, 2.45) is 0 Å². The largest absolute Gasteiger partial charge is 0.307 e. The van der Waals surface area contributed by atoms with Gasteiger partial charge in [-0.15, -0.1) is 0 Å². The van der Waals surface area contributed by atoms with Crippen LogP contribution in [-0.2, 0) is 9.59 Å². The number of benzene rings is 2. The Morgan fingerprint density at radius 2 is 1.24 bits per heavy atom. The monoisotopic (exact) mass is 228 g/mol. The van der Waals surface area contributed by atoms with E-state index in [-0.39, 0.29) is 0 Å². The zero-order valence-corrected chi connectivity index (χ0v) is 9.93. The van der Waals surface area contributed by atoms with Crippen molar-refractivity contribution < 1.29 is 9.59 Å². The molecule has 0 N–H and O–H groups in total. The molecule has 0 aromatic heterocycles. The molecule has 0 unspecified atom stereocenters. The van der Waals surface area contributed by atoms with Gasteiger partial charge in [-0.3, -0.25) is 0 Å². The molecular formula is C15H16O2. The Labute approximate surface area is 102 Å². The third-order valence-electron chi connectivity index (χ3n) is 2.13. The summed E-state index contributed by atoms with van der Waals surface area (Å²) in [5.74, 6) is 0. The van der Waals surface area contributed by atoms with Crippen LogP contribution in [0.25, 0.3) is 11.1 Å². The molecule has 2 rings (SSSR count). The molecule has 88 valence electrons. The zero-order valence-electron chi connectivity index (χ0n) is 9.93. The first-order chi connectivity index (χ1) is 8.36. The Balaban J connectivity index is 0.000000581. The summed E-state index contributed by atoms with van der Waals surface area (Å²) in [6, 6.07) is 19.0. The van der Waals surface area contributed by atoms with Crippen molar-refractivity contribution in [1.82, 2.24) is 0 Å². The maximum atomic E-state index is 8.00. The van der Waals surface area contributed by atoms with E-state index in [4.69, 9.17) is 9.59 Å². The summed E-state index contributed by atoms with van der Waals surface area (Å²) in [6.45, 7) is 6.12. The predicted molar refractivity (Wildman–Crippen MR) is 70.9 cm³/mol. The first-order valence-electron chi connectivity index (χ1n) is 5.06. The van der Waals surface area contributed by atoms with Crippen molar-refractivity contribution in [1.29, 1.82) is 0 Å². The summed E-state index contributed by atoms with van der Waals surface area (Å²) in [5.41, 5.74) is 3.88. The van der Waals surface area contributed by atoms with Crippen LogP contribution < -0.4 is 0 Å². The van der Waals surface area contributed by atoms with E-state index in [0.717, 1.165) is 0 Å². The van der Waals surface area contributed by atoms with Crippen LogP contribution in [0.4, 0.5) is 0 Å². The van der Waals surface area contributed by atoms with Gasteiger partial charge in [0.05, 0.1) is 0 Å². The second-order valence-corrected chi connectivity index (χ2v) is 3.24. The lowest BCUT2D eigenvalue weighted by Gasteiger charge is -2.01. The number of carbonyl (C=O) groups excluding carboxylic acids is 2. The van der Waals surface area contributed by atoms with Crippen LogP contribution in [0, 0.1) is 6.92 Å². The molecule has 2 aromatic carbocycles. The first kappa shape index (κ1) is 14.8. The molecule has 0 aliphatic carbocycles. The molecule has 0 atom stereocenters. The van der Waals surface area contributed by atoms with Crippen LogP contribution in [0.2, 0.25) is 0 Å². The highest BCUT2D eigenvalue weighted by atomic mass is 16.1. The van der Waals surface area contributed by atoms with E-state index in [1.807, 2.05) is 19.6 Å². The van der Waals surface area contributed by atoms with Crippen molar-refractivity contribution in [3.05, 3.63) is 60.2 Å². The van der Waals surface area contributed by atoms with Crippen LogP contribution >= 0.6 is 0 Å². The van der Waals surface area contributed by atoms with Gasteiger partial charge < -0.3 is 9.59 Å². The lowest BCUT2D eigenvalue weighted by atomic mass is 10.0. The van der Waals surface area contributed by atoms with E-state index in [9.17, 15) is 0 Å². The molecule has 17 heavy (non-hydrogen) atoms. The van der Waals surface area contributed by atoms with Crippen LogP contribution in [0.1, 0.15) is 5.56 Å². The summed E-state index contributed by atoms with van der Waals surface area (Å²) in [4.78, 5) is 16.0. The summed E-state index contributed by atoms with van der Waals surface area (Å²) >= 11 is 0. The van der Waals surface area contributed by atoms with Crippen LogP contribution in [0.3, 0.4) is 0 Å². The fourth-order valence-electron chi connectivity index (χ4n) is 1.46. The van der Waals surface area contributed by atoms with Gasteiger partial charge in [-0.25, -0.2) is 0 Å². The molecule has 0 heterocycles. The number of hydrogen-bond acceptors (Lipinski definition) is 2. The van der Waals surface area contributed by atoms with Gasteiger partial charge in [0.25, 0.3) is 0 Å². The molecule has 0 saturated heterocycles. The van der Waals surface area contributed by atoms with Gasteiger partial charge in [0.15, 0.2) is 0 Å². The minimum absolute atomic E-state index is 1.28. The lowest BCUT2D eigenvalue weighted by Crippen LogP contribution is -1.77. The quantitative estimate of drug-likeness (QED) is 0.750. The van der Waals surface area contributed by atoms with E-state index >= 15 is 0 Å². The van der Waals surface area contributed by atoms with E-state index in [1.165, 1.54) is 16.7 Å². The number of rotatable bonds is 1. The highest BCUT2D eigenvalue weighted by Crippen LogP contribution is 2.19. The maximum Gasteiger partial charge on any atom is 0.106 e. The van der Waals surface area contributed by atoms with Crippen LogP contribution in [-0.4, -0.2) is 13.6 Å². The minimum atomic E-state index is 1.28. The molecule has 2 nitrogen and oxygen atoms in total. The van der Waals surface area contributed by atoms with E-state index < -0.39 is 0 Å². The number of aryl methyl sites for hydroxylation is 1. The Bertz CT molecular complexity index is 422. The molecule has 2 aromatic rings. The normalized spacial score (nSPS) is 8.06. The molecule has 0 amide bonds. The highest BCUT2D eigenvalue weighted by Gasteiger charge is 1.94. The fraction of sp³-hybridized carbons (Fsp3) is 0.0667. The Morgan fingerprint density at radius 3 is 1.76 bits per heavy atom. The first-order valence-corrected chi connectivity index (χ1v) is 5.06. The Hall–Kier alpha value is -2.22. The summed E-state index contributed by atoms with van der Waals surface area (Å²) in [6.07, 6.45) is 0. The molecule has 0 spiro atoms. The second-order valence-electron chi connectivity index (χ2n) is 3.24. The van der Waals surface area contributed by atoms with Gasteiger partial charge in [0, 0.05) is 0 Å². The molecule has 0 aliphatic rings. The third kappa shape index (κ3) is 4.89. The standard InChI is InChI=1S/C13H12.2CH2O/c1-11-6-5-9-13(10-11)12-7-3-2-4-8-12;2*1-2/h2-10H,1H3;2*1H2. The molecule has 0 fully saturated rings. The molecule has 0 saturated carbocycles. The van der Waals surface area contributed by atoms with Gasteiger partial charge in [0.1, 0.15) is 13.6 Å². The van der Waals surface area contributed by atoms with E-state index in [0.29, 0.717) is 0 Å². The lowest BCUT2D eigenvalue weighted by molar-refractivity contribution is -0.0987. The van der Waals surface area contributed by atoms with Crippen molar-refractivity contribution in [3.63, 3.8) is 0 Å². The van der Waals surface area contributed by atoms with Gasteiger partial charge in [0.2, 0.25) is 0 Å². The molecule has 0 bridgehead atoms. The van der Waals surface area contributed by atoms with Gasteiger partial charge in [-0.1, -0.05) is 60.2 Å². The average molecular weight is 228 g/mol.